The largest absolute Gasteiger partial charge is 0.491 e. The van der Waals surface area contributed by atoms with Gasteiger partial charge in [-0.05, 0) is 56.7 Å². The van der Waals surface area contributed by atoms with Crippen molar-refractivity contribution in [2.75, 3.05) is 13.1 Å². The minimum absolute atomic E-state index is 0.000270. The highest BCUT2D eigenvalue weighted by Gasteiger charge is 2.44. The number of fused-ring (bicyclic) bond motifs is 1. The van der Waals surface area contributed by atoms with E-state index in [1.807, 2.05) is 43.9 Å². The number of carbonyl (C=O) groups is 2. The Hall–Kier alpha value is -2.89. The molecular formula is C23H26N2O4. The number of nitrogens with zero attached hydrogens (tertiary/aromatic N) is 2. The van der Waals surface area contributed by atoms with Gasteiger partial charge >= 0.3 is 0 Å². The number of benzene rings is 1. The first-order valence-corrected chi connectivity index (χ1v) is 10.1. The Morgan fingerprint density at radius 2 is 2.00 bits per heavy atom. The maximum atomic E-state index is 13.0. The number of ketones is 1. The van der Waals surface area contributed by atoms with Gasteiger partial charge in [0.05, 0.1) is 18.1 Å². The second-order valence-corrected chi connectivity index (χ2v) is 8.18. The van der Waals surface area contributed by atoms with Gasteiger partial charge in [0, 0.05) is 37.7 Å². The molecule has 1 saturated heterocycles. The van der Waals surface area contributed by atoms with Gasteiger partial charge in [0.2, 0.25) is 5.88 Å². The van der Waals surface area contributed by atoms with Gasteiger partial charge in [-0.3, -0.25) is 9.59 Å². The molecule has 1 aromatic carbocycles. The van der Waals surface area contributed by atoms with Crippen LogP contribution in [0.15, 0.2) is 36.5 Å². The zero-order chi connectivity index (χ0) is 20.6. The Labute approximate surface area is 170 Å². The topological polar surface area (TPSA) is 68.7 Å². The van der Waals surface area contributed by atoms with Gasteiger partial charge in [-0.15, -0.1) is 0 Å². The summed E-state index contributed by atoms with van der Waals surface area (Å²) in [6, 6.07) is 9.06. The zero-order valence-corrected chi connectivity index (χ0v) is 17.1. The van der Waals surface area contributed by atoms with Crippen LogP contribution in [0, 0.1) is 6.92 Å². The number of hydrogen-bond acceptors (Lipinski definition) is 5. The van der Waals surface area contributed by atoms with Gasteiger partial charge in [0.25, 0.3) is 5.91 Å². The SMILES string of the molecule is Cc1cc(C(=O)N2CCC3(CC2)CC(=O)c2cccnc2O3)ccc1OC(C)C. The van der Waals surface area contributed by atoms with Crippen LogP contribution in [0.25, 0.3) is 0 Å². The van der Waals surface area contributed by atoms with Crippen LogP contribution < -0.4 is 9.47 Å². The number of likely N-dealkylation sites (tertiary alicyclic amines) is 1. The number of carbonyl (C=O) groups excluding carboxylic acids is 2. The molecule has 1 fully saturated rings. The van der Waals surface area contributed by atoms with Crippen molar-refractivity contribution in [1.82, 2.24) is 9.88 Å². The summed E-state index contributed by atoms with van der Waals surface area (Å²) in [5, 5.41) is 0. The Morgan fingerprint density at radius 3 is 2.69 bits per heavy atom. The van der Waals surface area contributed by atoms with Crippen molar-refractivity contribution in [3.05, 3.63) is 53.2 Å². The Morgan fingerprint density at radius 1 is 1.24 bits per heavy atom. The predicted molar refractivity (Wildman–Crippen MR) is 109 cm³/mol. The minimum atomic E-state index is -0.555. The lowest BCUT2D eigenvalue weighted by Crippen LogP contribution is -2.52. The van der Waals surface area contributed by atoms with Crippen LogP contribution in [0.1, 0.15) is 59.4 Å². The van der Waals surface area contributed by atoms with Crippen molar-refractivity contribution < 1.29 is 19.1 Å². The molecule has 6 heteroatoms. The molecule has 1 spiro atoms. The lowest BCUT2D eigenvalue weighted by atomic mass is 9.83. The molecule has 4 rings (SSSR count). The van der Waals surface area contributed by atoms with Gasteiger partial charge in [-0.1, -0.05) is 0 Å². The van der Waals surface area contributed by atoms with Crippen LogP contribution in [-0.2, 0) is 0 Å². The highest BCUT2D eigenvalue weighted by Crippen LogP contribution is 2.38. The highest BCUT2D eigenvalue weighted by molar-refractivity contribution is 6.00. The molecule has 0 N–H and O–H groups in total. The first kappa shape index (κ1) is 19.4. The second-order valence-electron chi connectivity index (χ2n) is 8.18. The maximum Gasteiger partial charge on any atom is 0.253 e. The Balaban J connectivity index is 1.44. The summed E-state index contributed by atoms with van der Waals surface area (Å²) < 4.78 is 11.9. The van der Waals surface area contributed by atoms with E-state index in [1.165, 1.54) is 0 Å². The van der Waals surface area contributed by atoms with Crippen molar-refractivity contribution in [2.45, 2.75) is 51.7 Å². The third-order valence-corrected chi connectivity index (χ3v) is 5.61. The lowest BCUT2D eigenvalue weighted by molar-refractivity contribution is -0.00873. The second kappa shape index (κ2) is 7.50. The number of rotatable bonds is 3. The number of pyridine rings is 1. The zero-order valence-electron chi connectivity index (χ0n) is 17.1. The minimum Gasteiger partial charge on any atom is -0.491 e. The van der Waals surface area contributed by atoms with E-state index >= 15 is 0 Å². The summed E-state index contributed by atoms with van der Waals surface area (Å²) in [6.07, 6.45) is 3.31. The number of aryl methyl sites for hydroxylation is 1. The van der Waals surface area contributed by atoms with Crippen molar-refractivity contribution in [3.8, 4) is 11.6 Å². The van der Waals surface area contributed by atoms with Crippen molar-refractivity contribution >= 4 is 11.7 Å². The van der Waals surface area contributed by atoms with Crippen molar-refractivity contribution in [1.29, 1.82) is 0 Å². The summed E-state index contributed by atoms with van der Waals surface area (Å²) in [4.78, 5) is 31.6. The van der Waals surface area contributed by atoms with Gasteiger partial charge in [0.1, 0.15) is 11.4 Å². The van der Waals surface area contributed by atoms with E-state index in [0.717, 1.165) is 11.3 Å². The molecule has 152 valence electrons. The van der Waals surface area contributed by atoms with Crippen LogP contribution in [-0.4, -0.2) is 46.4 Å². The number of piperidine rings is 1. The first-order valence-electron chi connectivity index (χ1n) is 10.1. The van der Waals surface area contributed by atoms with Crippen LogP contribution in [0.4, 0.5) is 0 Å². The number of ether oxygens (including phenoxy) is 2. The molecule has 2 aromatic rings. The molecule has 6 nitrogen and oxygen atoms in total. The number of hydrogen-bond donors (Lipinski definition) is 0. The van der Waals surface area contributed by atoms with Gasteiger partial charge in [-0.25, -0.2) is 4.98 Å². The predicted octanol–water partition coefficient (Wildman–Crippen LogP) is 3.82. The number of aromatic nitrogens is 1. The van der Waals surface area contributed by atoms with E-state index in [1.54, 1.807) is 18.3 Å². The van der Waals surface area contributed by atoms with Gasteiger partial charge in [-0.2, -0.15) is 0 Å². The summed E-state index contributed by atoms with van der Waals surface area (Å²) in [5.74, 6) is 1.28. The smallest absolute Gasteiger partial charge is 0.253 e. The van der Waals surface area contributed by atoms with E-state index in [2.05, 4.69) is 4.98 Å². The number of Topliss-reactive ketones (excluding diaryl/α,β-unsaturated/α-hetero) is 1. The molecule has 2 aliphatic heterocycles. The lowest BCUT2D eigenvalue weighted by Gasteiger charge is -2.43. The summed E-state index contributed by atoms with van der Waals surface area (Å²) in [7, 11) is 0. The van der Waals surface area contributed by atoms with Crippen LogP contribution in [0.3, 0.4) is 0 Å². The molecule has 1 aromatic heterocycles. The first-order chi connectivity index (χ1) is 13.9. The van der Waals surface area contributed by atoms with Crippen LogP contribution in [0.2, 0.25) is 0 Å². The summed E-state index contributed by atoms with van der Waals surface area (Å²) >= 11 is 0. The third-order valence-electron chi connectivity index (χ3n) is 5.61. The monoisotopic (exact) mass is 394 g/mol. The molecule has 0 radical (unpaired) electrons. The van der Waals surface area contributed by atoms with E-state index in [0.29, 0.717) is 49.4 Å². The molecule has 0 aliphatic carbocycles. The molecule has 0 atom stereocenters. The average Bonchev–Trinajstić information content (AvgIpc) is 2.69. The van der Waals surface area contributed by atoms with E-state index in [4.69, 9.17) is 9.47 Å². The van der Waals surface area contributed by atoms with Crippen molar-refractivity contribution in [3.63, 3.8) is 0 Å². The summed E-state index contributed by atoms with van der Waals surface area (Å²) in [6.45, 7) is 7.02. The Bertz CT molecular complexity index is 946. The van der Waals surface area contributed by atoms with Crippen molar-refractivity contribution in [2.24, 2.45) is 0 Å². The average molecular weight is 394 g/mol. The van der Waals surface area contributed by atoms with Crippen LogP contribution in [0.5, 0.6) is 11.6 Å². The summed E-state index contributed by atoms with van der Waals surface area (Å²) in [5.41, 5.74) is 1.60. The molecule has 0 unspecified atom stereocenters. The van der Waals surface area contributed by atoms with Crippen LogP contribution >= 0.6 is 0 Å². The highest BCUT2D eigenvalue weighted by atomic mass is 16.5. The van der Waals surface area contributed by atoms with E-state index < -0.39 is 5.60 Å². The van der Waals surface area contributed by atoms with Gasteiger partial charge in [0.15, 0.2) is 5.78 Å². The molecular weight excluding hydrogens is 368 g/mol. The standard InChI is InChI=1S/C23H26N2O4/c1-15(2)28-20-7-6-17(13-16(20)3)22(27)25-11-8-23(9-12-25)14-19(26)18-5-4-10-24-21(18)29-23/h4-7,10,13,15H,8-9,11-12,14H2,1-3H3. The molecule has 3 heterocycles. The van der Waals surface area contributed by atoms with Gasteiger partial charge < -0.3 is 14.4 Å². The normalized spacial score (nSPS) is 17.8. The number of amides is 1. The quantitative estimate of drug-likeness (QED) is 0.792. The fourth-order valence-corrected chi connectivity index (χ4v) is 4.06. The van der Waals surface area contributed by atoms with E-state index in [-0.39, 0.29) is 17.8 Å². The third kappa shape index (κ3) is 3.84. The van der Waals surface area contributed by atoms with E-state index in [9.17, 15) is 9.59 Å². The fourth-order valence-electron chi connectivity index (χ4n) is 4.06. The molecule has 0 bridgehead atoms. The molecule has 29 heavy (non-hydrogen) atoms. The Kier molecular flexibility index (Phi) is 5.03. The molecule has 1 amide bonds. The maximum absolute atomic E-state index is 13.0. The fraction of sp³-hybridized carbons (Fsp3) is 0.435. The molecule has 2 aliphatic rings. The molecule has 0 saturated carbocycles.